The van der Waals surface area contributed by atoms with E-state index in [1.165, 1.54) is 29.7 Å². The number of carbonyl (C=O) groups excluding carboxylic acids is 1. The third-order valence-electron chi connectivity index (χ3n) is 4.44. The van der Waals surface area contributed by atoms with E-state index in [1.54, 1.807) is 0 Å². The van der Waals surface area contributed by atoms with E-state index in [0.717, 1.165) is 13.0 Å². The summed E-state index contributed by atoms with van der Waals surface area (Å²) < 4.78 is 0. The van der Waals surface area contributed by atoms with Gasteiger partial charge in [0, 0.05) is 11.8 Å². The van der Waals surface area contributed by atoms with Crippen molar-refractivity contribution in [1.82, 2.24) is 10.2 Å². The SMILES string of the molecule is CCC1NC(c2cccc(C)c2)N(CC2CCCS2)C1=O. The van der Waals surface area contributed by atoms with E-state index in [9.17, 15) is 4.79 Å². The summed E-state index contributed by atoms with van der Waals surface area (Å²) in [5.74, 6) is 1.52. The first kappa shape index (κ1) is 14.9. The number of thioether (sulfide) groups is 1. The number of hydrogen-bond donors (Lipinski definition) is 1. The fourth-order valence-electron chi connectivity index (χ4n) is 3.29. The molecule has 2 aliphatic rings. The molecule has 2 saturated heterocycles. The number of carbonyl (C=O) groups is 1. The van der Waals surface area contributed by atoms with Crippen molar-refractivity contribution in [3.8, 4) is 0 Å². The molecule has 21 heavy (non-hydrogen) atoms. The second-order valence-electron chi connectivity index (χ2n) is 6.07. The minimum Gasteiger partial charge on any atom is -0.320 e. The molecule has 0 saturated carbocycles. The molecular formula is C17H24N2OS. The summed E-state index contributed by atoms with van der Waals surface area (Å²) in [7, 11) is 0. The Bertz CT molecular complexity index is 513. The summed E-state index contributed by atoms with van der Waals surface area (Å²) in [4.78, 5) is 14.7. The lowest BCUT2D eigenvalue weighted by molar-refractivity contribution is -0.130. The van der Waals surface area contributed by atoms with Gasteiger partial charge in [-0.2, -0.15) is 11.8 Å². The predicted octanol–water partition coefficient (Wildman–Crippen LogP) is 3.10. The van der Waals surface area contributed by atoms with Crippen molar-refractivity contribution in [3.63, 3.8) is 0 Å². The van der Waals surface area contributed by atoms with Crippen LogP contribution in [0.1, 0.15) is 43.5 Å². The number of hydrogen-bond acceptors (Lipinski definition) is 3. The first-order valence-corrected chi connectivity index (χ1v) is 8.98. The molecule has 1 aromatic carbocycles. The maximum absolute atomic E-state index is 12.6. The van der Waals surface area contributed by atoms with Crippen molar-refractivity contribution in [3.05, 3.63) is 35.4 Å². The molecule has 3 unspecified atom stereocenters. The van der Waals surface area contributed by atoms with Gasteiger partial charge in [0.2, 0.25) is 5.91 Å². The van der Waals surface area contributed by atoms with E-state index in [-0.39, 0.29) is 18.1 Å². The highest BCUT2D eigenvalue weighted by molar-refractivity contribution is 8.00. The van der Waals surface area contributed by atoms with Crippen LogP contribution >= 0.6 is 11.8 Å². The van der Waals surface area contributed by atoms with Gasteiger partial charge in [0.25, 0.3) is 0 Å². The summed E-state index contributed by atoms with van der Waals surface area (Å²) in [6, 6.07) is 8.48. The second-order valence-corrected chi connectivity index (χ2v) is 7.48. The Morgan fingerprint density at radius 3 is 2.95 bits per heavy atom. The zero-order valence-corrected chi connectivity index (χ0v) is 13.7. The number of nitrogens with one attached hydrogen (secondary N) is 1. The van der Waals surface area contributed by atoms with Crippen LogP contribution in [0.5, 0.6) is 0 Å². The molecule has 1 aromatic rings. The van der Waals surface area contributed by atoms with Crippen molar-refractivity contribution in [2.75, 3.05) is 12.3 Å². The Kier molecular flexibility index (Phi) is 4.55. The van der Waals surface area contributed by atoms with Crippen molar-refractivity contribution in [1.29, 1.82) is 0 Å². The summed E-state index contributed by atoms with van der Waals surface area (Å²) in [5.41, 5.74) is 2.46. The van der Waals surface area contributed by atoms with Crippen LogP contribution in [0.2, 0.25) is 0 Å². The first-order valence-electron chi connectivity index (χ1n) is 7.93. The molecular weight excluding hydrogens is 280 g/mol. The molecule has 114 valence electrons. The Morgan fingerprint density at radius 2 is 2.29 bits per heavy atom. The number of benzene rings is 1. The van der Waals surface area contributed by atoms with Gasteiger partial charge in [0.05, 0.1) is 6.04 Å². The van der Waals surface area contributed by atoms with E-state index < -0.39 is 0 Å². The van der Waals surface area contributed by atoms with Gasteiger partial charge in [0.1, 0.15) is 6.17 Å². The van der Waals surface area contributed by atoms with Crippen LogP contribution in [0.4, 0.5) is 0 Å². The summed E-state index contributed by atoms with van der Waals surface area (Å²) in [6.45, 7) is 5.07. The molecule has 3 rings (SSSR count). The summed E-state index contributed by atoms with van der Waals surface area (Å²) in [5, 5.41) is 4.13. The summed E-state index contributed by atoms with van der Waals surface area (Å²) in [6.07, 6.45) is 3.43. The van der Waals surface area contributed by atoms with Gasteiger partial charge in [-0.15, -0.1) is 0 Å². The van der Waals surface area contributed by atoms with E-state index in [0.29, 0.717) is 5.25 Å². The lowest BCUT2D eigenvalue weighted by Crippen LogP contribution is -2.35. The average Bonchev–Trinajstić information content (AvgIpc) is 3.09. The van der Waals surface area contributed by atoms with Gasteiger partial charge in [-0.25, -0.2) is 0 Å². The lowest BCUT2D eigenvalue weighted by Gasteiger charge is -2.27. The molecule has 2 aliphatic heterocycles. The van der Waals surface area contributed by atoms with E-state index in [1.807, 2.05) is 11.8 Å². The highest BCUT2D eigenvalue weighted by atomic mass is 32.2. The van der Waals surface area contributed by atoms with Crippen LogP contribution in [0.25, 0.3) is 0 Å². The molecule has 0 spiro atoms. The quantitative estimate of drug-likeness (QED) is 0.927. The van der Waals surface area contributed by atoms with E-state index >= 15 is 0 Å². The van der Waals surface area contributed by atoms with Gasteiger partial charge in [0.15, 0.2) is 0 Å². The molecule has 4 heteroatoms. The third-order valence-corrected chi connectivity index (χ3v) is 5.82. The smallest absolute Gasteiger partial charge is 0.241 e. The second kappa shape index (κ2) is 6.41. The molecule has 3 atom stereocenters. The van der Waals surface area contributed by atoms with E-state index in [4.69, 9.17) is 0 Å². The molecule has 0 radical (unpaired) electrons. The van der Waals surface area contributed by atoms with Gasteiger partial charge >= 0.3 is 0 Å². The zero-order valence-electron chi connectivity index (χ0n) is 12.8. The molecule has 1 N–H and O–H groups in total. The van der Waals surface area contributed by atoms with Crippen molar-refractivity contribution >= 4 is 17.7 Å². The number of aryl methyl sites for hydroxylation is 1. The van der Waals surface area contributed by atoms with Crippen LogP contribution in [0.3, 0.4) is 0 Å². The fraction of sp³-hybridized carbons (Fsp3) is 0.588. The third kappa shape index (κ3) is 3.11. The summed E-state index contributed by atoms with van der Waals surface area (Å²) >= 11 is 2.02. The lowest BCUT2D eigenvalue weighted by atomic mass is 10.1. The number of nitrogens with zero attached hydrogens (tertiary/aromatic N) is 1. The highest BCUT2D eigenvalue weighted by Gasteiger charge is 2.39. The molecule has 0 aromatic heterocycles. The fourth-order valence-corrected chi connectivity index (χ4v) is 4.56. The van der Waals surface area contributed by atoms with Gasteiger partial charge < -0.3 is 4.90 Å². The maximum Gasteiger partial charge on any atom is 0.241 e. The zero-order chi connectivity index (χ0) is 14.8. The molecule has 0 bridgehead atoms. The van der Waals surface area contributed by atoms with Crippen LogP contribution in [0, 0.1) is 6.92 Å². The normalized spacial score (nSPS) is 29.3. The van der Waals surface area contributed by atoms with E-state index in [2.05, 4.69) is 48.3 Å². The topological polar surface area (TPSA) is 32.3 Å². The number of rotatable bonds is 4. The van der Waals surface area contributed by atoms with Gasteiger partial charge in [-0.1, -0.05) is 36.8 Å². The van der Waals surface area contributed by atoms with Crippen molar-refractivity contribution < 1.29 is 4.79 Å². The van der Waals surface area contributed by atoms with Crippen molar-refractivity contribution in [2.45, 2.75) is 50.6 Å². The Labute approximate surface area is 131 Å². The minimum atomic E-state index is -0.0260. The molecule has 0 aliphatic carbocycles. The van der Waals surface area contributed by atoms with Crippen LogP contribution in [0.15, 0.2) is 24.3 Å². The highest BCUT2D eigenvalue weighted by Crippen LogP contribution is 2.32. The monoisotopic (exact) mass is 304 g/mol. The largest absolute Gasteiger partial charge is 0.320 e. The van der Waals surface area contributed by atoms with Gasteiger partial charge in [-0.05, 0) is 37.5 Å². The predicted molar refractivity (Wildman–Crippen MR) is 88.3 cm³/mol. The Balaban J connectivity index is 1.83. The first-order chi connectivity index (χ1) is 10.2. The molecule has 2 fully saturated rings. The van der Waals surface area contributed by atoms with Crippen LogP contribution in [-0.2, 0) is 4.79 Å². The molecule has 2 heterocycles. The molecule has 1 amide bonds. The molecule has 3 nitrogen and oxygen atoms in total. The van der Waals surface area contributed by atoms with Crippen LogP contribution < -0.4 is 5.32 Å². The average molecular weight is 304 g/mol. The minimum absolute atomic E-state index is 0.0260. The van der Waals surface area contributed by atoms with Crippen LogP contribution in [-0.4, -0.2) is 34.4 Å². The van der Waals surface area contributed by atoms with Crippen molar-refractivity contribution in [2.24, 2.45) is 0 Å². The standard InChI is InChI=1S/C17H24N2OS/c1-3-15-17(20)19(11-14-8-5-9-21-14)16(18-15)13-7-4-6-12(2)10-13/h4,6-7,10,14-16,18H,3,5,8-9,11H2,1-2H3. The van der Waals surface area contributed by atoms with Gasteiger partial charge in [-0.3, -0.25) is 10.1 Å². The Morgan fingerprint density at radius 1 is 1.43 bits per heavy atom. The Hall–Kier alpha value is -1.00. The number of amides is 1. The maximum atomic E-state index is 12.6.